The first-order valence-electron chi connectivity index (χ1n) is 7.38. The third-order valence-corrected chi connectivity index (χ3v) is 4.46. The van der Waals surface area contributed by atoms with Crippen molar-refractivity contribution in [3.63, 3.8) is 0 Å². The summed E-state index contributed by atoms with van der Waals surface area (Å²) in [6.07, 6.45) is 8.59. The number of rotatable bonds is 2. The van der Waals surface area contributed by atoms with E-state index in [1.54, 1.807) is 0 Å². The highest BCUT2D eigenvalue weighted by atomic mass is 32.1. The smallest absolute Gasteiger partial charge is 0.252 e. The zero-order valence-electron chi connectivity index (χ0n) is 11.8. The molecular formula is C16H22N2OS. The van der Waals surface area contributed by atoms with Crippen LogP contribution in [0, 0.1) is 11.8 Å². The van der Waals surface area contributed by atoms with Gasteiger partial charge in [-0.3, -0.25) is 4.79 Å². The number of amides is 1. The number of nitrogens with two attached hydrogens (primary N) is 1. The molecule has 1 aliphatic carbocycles. The third-order valence-electron chi connectivity index (χ3n) is 3.62. The molecule has 3 nitrogen and oxygen atoms in total. The van der Waals surface area contributed by atoms with Gasteiger partial charge in [0, 0.05) is 11.4 Å². The monoisotopic (exact) mass is 290 g/mol. The topological polar surface area (TPSA) is 55.1 Å². The molecule has 0 atom stereocenters. The lowest BCUT2D eigenvalue weighted by Gasteiger charge is -2.20. The molecule has 0 bridgehead atoms. The van der Waals surface area contributed by atoms with Gasteiger partial charge in [-0.25, -0.2) is 0 Å². The number of carbonyl (C=O) groups excluding carboxylic acids is 1. The Bertz CT molecular complexity index is 490. The molecule has 1 aromatic rings. The van der Waals surface area contributed by atoms with Gasteiger partial charge in [0.05, 0.1) is 17.0 Å². The molecule has 108 valence electrons. The lowest BCUT2D eigenvalue weighted by Crippen LogP contribution is -2.35. The Kier molecular flexibility index (Phi) is 6.10. The quantitative estimate of drug-likeness (QED) is 0.823. The summed E-state index contributed by atoms with van der Waals surface area (Å²) in [5, 5.41) is 5.04. The number of nitrogens with one attached hydrogen (secondary N) is 1. The maximum absolute atomic E-state index is 12.2. The van der Waals surface area contributed by atoms with E-state index in [2.05, 4.69) is 17.2 Å². The van der Waals surface area contributed by atoms with Crippen LogP contribution in [0.2, 0.25) is 0 Å². The molecule has 0 aromatic carbocycles. The van der Waals surface area contributed by atoms with Gasteiger partial charge in [-0.05, 0) is 18.9 Å². The molecule has 1 amide bonds. The fourth-order valence-electron chi connectivity index (χ4n) is 2.53. The standard InChI is InChI=1S/C16H22N2OS/c17-10-6-9-15-11-13(12-20-15)16(19)18-14-7-4-2-1-3-5-8-14/h11-12,14H,1-5,7-8,10,17H2,(H,18,19). The zero-order valence-corrected chi connectivity index (χ0v) is 12.6. The van der Waals surface area contributed by atoms with Crippen LogP contribution in [0.1, 0.15) is 60.2 Å². The van der Waals surface area contributed by atoms with E-state index in [0.717, 1.165) is 23.3 Å². The summed E-state index contributed by atoms with van der Waals surface area (Å²) in [4.78, 5) is 13.1. The summed E-state index contributed by atoms with van der Waals surface area (Å²) in [6.45, 7) is 0.349. The zero-order chi connectivity index (χ0) is 14.2. The van der Waals surface area contributed by atoms with Crippen LogP contribution in [0.25, 0.3) is 0 Å². The second kappa shape index (κ2) is 8.08. The van der Waals surface area contributed by atoms with Crippen molar-refractivity contribution < 1.29 is 4.79 Å². The molecule has 1 fully saturated rings. The minimum absolute atomic E-state index is 0.0348. The van der Waals surface area contributed by atoms with Gasteiger partial charge >= 0.3 is 0 Å². The van der Waals surface area contributed by atoms with Crippen molar-refractivity contribution in [1.82, 2.24) is 5.32 Å². The highest BCUT2D eigenvalue weighted by Gasteiger charge is 2.15. The molecule has 0 saturated heterocycles. The van der Waals surface area contributed by atoms with Crippen LogP contribution in [0.5, 0.6) is 0 Å². The average Bonchev–Trinajstić information content (AvgIpc) is 2.88. The molecule has 20 heavy (non-hydrogen) atoms. The number of thiophene rings is 1. The minimum Gasteiger partial charge on any atom is -0.349 e. The molecule has 4 heteroatoms. The van der Waals surface area contributed by atoms with Crippen molar-refractivity contribution in [2.45, 2.75) is 51.0 Å². The summed E-state index contributed by atoms with van der Waals surface area (Å²) >= 11 is 1.50. The molecular weight excluding hydrogens is 268 g/mol. The summed E-state index contributed by atoms with van der Waals surface area (Å²) in [5.41, 5.74) is 6.07. The Morgan fingerprint density at radius 3 is 2.70 bits per heavy atom. The number of carbonyl (C=O) groups is 1. The van der Waals surface area contributed by atoms with E-state index in [1.807, 2.05) is 11.4 Å². The number of hydrogen-bond donors (Lipinski definition) is 2. The first kappa shape index (κ1) is 15.1. The maximum atomic E-state index is 12.2. The van der Waals surface area contributed by atoms with E-state index < -0.39 is 0 Å². The predicted molar refractivity (Wildman–Crippen MR) is 83.8 cm³/mol. The van der Waals surface area contributed by atoms with Gasteiger partial charge in [0.1, 0.15) is 0 Å². The van der Waals surface area contributed by atoms with Gasteiger partial charge in [0.2, 0.25) is 0 Å². The van der Waals surface area contributed by atoms with Crippen LogP contribution in [0.15, 0.2) is 11.4 Å². The van der Waals surface area contributed by atoms with E-state index in [1.165, 1.54) is 43.4 Å². The average molecular weight is 290 g/mol. The lowest BCUT2D eigenvalue weighted by atomic mass is 9.96. The van der Waals surface area contributed by atoms with E-state index >= 15 is 0 Å². The molecule has 0 radical (unpaired) electrons. The summed E-state index contributed by atoms with van der Waals surface area (Å²) in [5.74, 6) is 5.81. The summed E-state index contributed by atoms with van der Waals surface area (Å²) in [7, 11) is 0. The van der Waals surface area contributed by atoms with Crippen molar-refractivity contribution in [3.8, 4) is 11.8 Å². The largest absolute Gasteiger partial charge is 0.349 e. The van der Waals surface area contributed by atoms with Gasteiger partial charge < -0.3 is 11.1 Å². The highest BCUT2D eigenvalue weighted by Crippen LogP contribution is 2.18. The Labute approximate surface area is 124 Å². The molecule has 3 N–H and O–H groups in total. The second-order valence-electron chi connectivity index (χ2n) is 5.22. The molecule has 1 heterocycles. The second-order valence-corrected chi connectivity index (χ2v) is 6.13. The maximum Gasteiger partial charge on any atom is 0.252 e. The van der Waals surface area contributed by atoms with Crippen LogP contribution in [-0.2, 0) is 0 Å². The van der Waals surface area contributed by atoms with Crippen molar-refractivity contribution >= 4 is 17.2 Å². The van der Waals surface area contributed by atoms with Crippen LogP contribution in [0.3, 0.4) is 0 Å². The Balaban J connectivity index is 1.91. The first-order chi connectivity index (χ1) is 9.79. The fraction of sp³-hybridized carbons (Fsp3) is 0.562. The predicted octanol–water partition coefficient (Wildman–Crippen LogP) is 2.90. The lowest BCUT2D eigenvalue weighted by molar-refractivity contribution is 0.0931. The van der Waals surface area contributed by atoms with Crippen LogP contribution in [-0.4, -0.2) is 18.5 Å². The molecule has 1 aliphatic rings. The van der Waals surface area contributed by atoms with Crippen molar-refractivity contribution in [2.24, 2.45) is 5.73 Å². The molecule has 0 aliphatic heterocycles. The molecule has 1 saturated carbocycles. The summed E-state index contributed by atoms with van der Waals surface area (Å²) in [6, 6.07) is 2.19. The fourth-order valence-corrected chi connectivity index (χ4v) is 3.28. The molecule has 2 rings (SSSR count). The van der Waals surface area contributed by atoms with Gasteiger partial charge in [0.25, 0.3) is 5.91 Å². The van der Waals surface area contributed by atoms with Gasteiger partial charge in [-0.1, -0.05) is 43.9 Å². The SMILES string of the molecule is NCC#Cc1cc(C(=O)NC2CCCCCCC2)cs1. The van der Waals surface area contributed by atoms with Gasteiger partial charge in [-0.2, -0.15) is 0 Å². The van der Waals surface area contributed by atoms with Crippen LogP contribution >= 0.6 is 11.3 Å². The normalized spacial score (nSPS) is 16.6. The highest BCUT2D eigenvalue weighted by molar-refractivity contribution is 7.10. The van der Waals surface area contributed by atoms with Crippen LogP contribution < -0.4 is 11.1 Å². The Hall–Kier alpha value is -1.31. The molecule has 1 aromatic heterocycles. The van der Waals surface area contributed by atoms with Gasteiger partial charge in [-0.15, -0.1) is 11.3 Å². The van der Waals surface area contributed by atoms with E-state index in [0.29, 0.717) is 12.6 Å². The van der Waals surface area contributed by atoms with Crippen LogP contribution in [0.4, 0.5) is 0 Å². The molecule has 0 unspecified atom stereocenters. The number of hydrogen-bond acceptors (Lipinski definition) is 3. The van der Waals surface area contributed by atoms with Crippen molar-refractivity contribution in [2.75, 3.05) is 6.54 Å². The van der Waals surface area contributed by atoms with E-state index in [9.17, 15) is 4.79 Å². The minimum atomic E-state index is 0.0348. The van der Waals surface area contributed by atoms with Crippen molar-refractivity contribution in [1.29, 1.82) is 0 Å². The van der Waals surface area contributed by atoms with E-state index in [4.69, 9.17) is 5.73 Å². The Morgan fingerprint density at radius 2 is 2.00 bits per heavy atom. The Morgan fingerprint density at radius 1 is 1.30 bits per heavy atom. The van der Waals surface area contributed by atoms with Crippen molar-refractivity contribution in [3.05, 3.63) is 21.9 Å². The summed E-state index contributed by atoms with van der Waals surface area (Å²) < 4.78 is 0. The van der Waals surface area contributed by atoms with Gasteiger partial charge in [0.15, 0.2) is 0 Å². The van der Waals surface area contributed by atoms with E-state index in [-0.39, 0.29) is 5.91 Å². The third kappa shape index (κ3) is 4.66. The first-order valence-corrected chi connectivity index (χ1v) is 8.26. The molecule has 0 spiro atoms.